The second-order valence-corrected chi connectivity index (χ2v) is 7.27. The van der Waals surface area contributed by atoms with E-state index in [2.05, 4.69) is 24.8 Å². The highest BCUT2D eigenvalue weighted by atomic mass is 127. The van der Waals surface area contributed by atoms with Crippen molar-refractivity contribution in [2.24, 2.45) is 4.99 Å². The minimum Gasteiger partial charge on any atom is -0.434 e. The van der Waals surface area contributed by atoms with Gasteiger partial charge >= 0.3 is 6.61 Å². The maximum Gasteiger partial charge on any atom is 0.387 e. The van der Waals surface area contributed by atoms with E-state index in [1.807, 2.05) is 6.92 Å². The SMILES string of the molecule is CCNC(=NCc1cc(Cl)ccc1OC(F)F)N1CCC(N2CCOCC2)C1.I. The van der Waals surface area contributed by atoms with E-state index in [0.29, 0.717) is 16.6 Å². The van der Waals surface area contributed by atoms with Crippen LogP contribution in [0, 0.1) is 0 Å². The molecule has 6 nitrogen and oxygen atoms in total. The number of hydrogen-bond donors (Lipinski definition) is 1. The second-order valence-electron chi connectivity index (χ2n) is 6.84. The van der Waals surface area contributed by atoms with E-state index in [4.69, 9.17) is 16.3 Å². The third kappa shape index (κ3) is 7.08. The number of guanidine groups is 1. The number of rotatable bonds is 6. The van der Waals surface area contributed by atoms with Crippen molar-refractivity contribution in [1.29, 1.82) is 0 Å². The largest absolute Gasteiger partial charge is 0.434 e. The highest BCUT2D eigenvalue weighted by molar-refractivity contribution is 14.0. The van der Waals surface area contributed by atoms with Crippen LogP contribution in [0.15, 0.2) is 23.2 Å². The van der Waals surface area contributed by atoms with Gasteiger partial charge in [-0.15, -0.1) is 24.0 Å². The van der Waals surface area contributed by atoms with Crippen LogP contribution < -0.4 is 10.1 Å². The Labute approximate surface area is 192 Å². The number of alkyl halides is 2. The number of aliphatic imine (C=N–C) groups is 1. The lowest BCUT2D eigenvalue weighted by Gasteiger charge is -2.32. The average Bonchev–Trinajstić information content (AvgIpc) is 3.17. The van der Waals surface area contributed by atoms with Gasteiger partial charge in [0.1, 0.15) is 5.75 Å². The summed E-state index contributed by atoms with van der Waals surface area (Å²) in [5, 5.41) is 3.77. The maximum atomic E-state index is 12.7. The zero-order valence-electron chi connectivity index (χ0n) is 16.5. The van der Waals surface area contributed by atoms with Gasteiger partial charge in [-0.25, -0.2) is 4.99 Å². The summed E-state index contributed by atoms with van der Waals surface area (Å²) in [6.45, 7) is 5.36. The number of morpholine rings is 1. The molecule has 0 spiro atoms. The van der Waals surface area contributed by atoms with Crippen LogP contribution in [-0.4, -0.2) is 74.4 Å². The molecule has 0 radical (unpaired) electrons. The first-order valence-electron chi connectivity index (χ1n) is 9.65. The van der Waals surface area contributed by atoms with Crippen molar-refractivity contribution < 1.29 is 18.3 Å². The molecule has 0 aliphatic carbocycles. The summed E-state index contributed by atoms with van der Waals surface area (Å²) in [6, 6.07) is 5.09. The van der Waals surface area contributed by atoms with E-state index < -0.39 is 6.61 Å². The first-order valence-corrected chi connectivity index (χ1v) is 10.0. The van der Waals surface area contributed by atoms with Crippen LogP contribution in [0.3, 0.4) is 0 Å². The molecule has 1 N–H and O–H groups in total. The van der Waals surface area contributed by atoms with Crippen molar-refractivity contribution in [1.82, 2.24) is 15.1 Å². The van der Waals surface area contributed by atoms with Crippen LogP contribution in [0.25, 0.3) is 0 Å². The van der Waals surface area contributed by atoms with Gasteiger partial charge in [0, 0.05) is 49.4 Å². The van der Waals surface area contributed by atoms with Gasteiger partial charge in [-0.1, -0.05) is 11.6 Å². The van der Waals surface area contributed by atoms with Crippen LogP contribution in [0.1, 0.15) is 18.9 Å². The summed E-state index contributed by atoms with van der Waals surface area (Å²) in [6.07, 6.45) is 1.07. The summed E-state index contributed by atoms with van der Waals surface area (Å²) in [7, 11) is 0. The van der Waals surface area contributed by atoms with E-state index in [0.717, 1.165) is 58.3 Å². The maximum absolute atomic E-state index is 12.7. The predicted octanol–water partition coefficient (Wildman–Crippen LogP) is 3.43. The number of nitrogens with zero attached hydrogens (tertiary/aromatic N) is 3. The van der Waals surface area contributed by atoms with Gasteiger partial charge in [-0.2, -0.15) is 8.78 Å². The molecule has 1 unspecified atom stereocenters. The minimum atomic E-state index is -2.88. The fourth-order valence-corrected chi connectivity index (χ4v) is 3.84. The van der Waals surface area contributed by atoms with Gasteiger partial charge in [-0.05, 0) is 31.5 Å². The first kappa shape index (κ1) is 24.4. The zero-order chi connectivity index (χ0) is 19.9. The van der Waals surface area contributed by atoms with Crippen LogP contribution >= 0.6 is 35.6 Å². The van der Waals surface area contributed by atoms with Crippen molar-refractivity contribution >= 4 is 41.5 Å². The van der Waals surface area contributed by atoms with Crippen molar-refractivity contribution in [3.63, 3.8) is 0 Å². The van der Waals surface area contributed by atoms with Crippen LogP contribution in [-0.2, 0) is 11.3 Å². The van der Waals surface area contributed by atoms with Gasteiger partial charge in [-0.3, -0.25) is 4.90 Å². The van der Waals surface area contributed by atoms with Gasteiger partial charge in [0.25, 0.3) is 0 Å². The minimum absolute atomic E-state index is 0. The number of ether oxygens (including phenoxy) is 2. The Balaban J connectivity index is 0.00000300. The molecule has 0 saturated carbocycles. The molecule has 0 aromatic heterocycles. The Morgan fingerprint density at radius 1 is 1.34 bits per heavy atom. The lowest BCUT2D eigenvalue weighted by atomic mass is 10.2. The highest BCUT2D eigenvalue weighted by Gasteiger charge is 2.30. The Kier molecular flexibility index (Phi) is 10.1. The molecule has 164 valence electrons. The van der Waals surface area contributed by atoms with Crippen molar-refractivity contribution in [3.8, 4) is 5.75 Å². The normalized spacial score (nSPS) is 20.7. The topological polar surface area (TPSA) is 49.3 Å². The smallest absolute Gasteiger partial charge is 0.387 e. The molecule has 2 saturated heterocycles. The van der Waals surface area contributed by atoms with Crippen LogP contribution in [0.5, 0.6) is 5.75 Å². The third-order valence-corrected chi connectivity index (χ3v) is 5.23. The van der Waals surface area contributed by atoms with E-state index in [1.165, 1.54) is 12.1 Å². The molecule has 0 bridgehead atoms. The quantitative estimate of drug-likeness (QED) is 0.338. The fraction of sp³-hybridized carbons (Fsp3) is 0.632. The highest BCUT2D eigenvalue weighted by Crippen LogP contribution is 2.25. The standard InChI is InChI=1S/C19H27ClF2N4O2.HI/c1-2-23-19(26-6-5-16(13-26)25-7-9-27-10-8-25)24-12-14-11-15(20)3-4-17(14)28-18(21)22;/h3-4,11,16,18H,2,5-10,12-13H2,1H3,(H,23,24);1H. The Hall–Kier alpha value is -0.910. The molecule has 1 aromatic carbocycles. The fourth-order valence-electron chi connectivity index (χ4n) is 3.64. The summed E-state index contributed by atoms with van der Waals surface area (Å²) in [4.78, 5) is 9.35. The summed E-state index contributed by atoms with van der Waals surface area (Å²) in [5.74, 6) is 0.882. The molecule has 1 aromatic rings. The van der Waals surface area contributed by atoms with Gasteiger partial charge in [0.15, 0.2) is 5.96 Å². The number of hydrogen-bond acceptors (Lipinski definition) is 4. The number of nitrogens with one attached hydrogen (secondary N) is 1. The number of benzene rings is 1. The van der Waals surface area contributed by atoms with E-state index in [9.17, 15) is 8.78 Å². The van der Waals surface area contributed by atoms with Gasteiger partial charge in [0.05, 0.1) is 19.8 Å². The van der Waals surface area contributed by atoms with Crippen LogP contribution in [0.4, 0.5) is 8.78 Å². The Morgan fingerprint density at radius 2 is 2.10 bits per heavy atom. The van der Waals surface area contributed by atoms with Gasteiger partial charge < -0.3 is 19.7 Å². The van der Waals surface area contributed by atoms with Gasteiger partial charge in [0.2, 0.25) is 0 Å². The lowest BCUT2D eigenvalue weighted by molar-refractivity contribution is -0.0504. The monoisotopic (exact) mass is 544 g/mol. The lowest BCUT2D eigenvalue weighted by Crippen LogP contribution is -2.46. The molecular formula is C19H28ClF2IN4O2. The third-order valence-electron chi connectivity index (χ3n) is 5.00. The number of halogens is 4. The summed E-state index contributed by atoms with van der Waals surface area (Å²) < 4.78 is 35.4. The molecule has 1 atom stereocenters. The molecule has 2 fully saturated rings. The summed E-state index contributed by atoms with van der Waals surface area (Å²) >= 11 is 6.03. The molecule has 10 heteroatoms. The Morgan fingerprint density at radius 3 is 2.79 bits per heavy atom. The second kappa shape index (κ2) is 12.1. The van der Waals surface area contributed by atoms with Crippen molar-refractivity contribution in [2.75, 3.05) is 45.9 Å². The molecule has 29 heavy (non-hydrogen) atoms. The van der Waals surface area contributed by atoms with Crippen molar-refractivity contribution in [2.45, 2.75) is 32.5 Å². The van der Waals surface area contributed by atoms with Crippen molar-refractivity contribution in [3.05, 3.63) is 28.8 Å². The van der Waals surface area contributed by atoms with E-state index in [-0.39, 0.29) is 36.3 Å². The molecule has 2 heterocycles. The Bertz CT molecular complexity index is 678. The summed E-state index contributed by atoms with van der Waals surface area (Å²) in [5.41, 5.74) is 0.534. The molecule has 3 rings (SSSR count). The molecule has 2 aliphatic rings. The molecule has 0 amide bonds. The first-order chi connectivity index (χ1) is 13.6. The predicted molar refractivity (Wildman–Crippen MR) is 121 cm³/mol. The van der Waals surface area contributed by atoms with E-state index >= 15 is 0 Å². The number of likely N-dealkylation sites (tertiary alicyclic amines) is 1. The molecular weight excluding hydrogens is 517 g/mol. The van der Waals surface area contributed by atoms with E-state index in [1.54, 1.807) is 6.07 Å². The zero-order valence-corrected chi connectivity index (χ0v) is 19.5. The molecule has 2 aliphatic heterocycles. The average molecular weight is 545 g/mol. The van der Waals surface area contributed by atoms with Crippen LogP contribution in [0.2, 0.25) is 5.02 Å².